The first kappa shape index (κ1) is 22.4. The summed E-state index contributed by atoms with van der Waals surface area (Å²) in [6, 6.07) is 3.61. The number of hydrogen-bond donors (Lipinski definition) is 1. The van der Waals surface area contributed by atoms with Crippen LogP contribution in [0.25, 0.3) is 5.69 Å². The van der Waals surface area contributed by atoms with Crippen molar-refractivity contribution in [3.05, 3.63) is 36.4 Å². The number of amides is 2. The summed E-state index contributed by atoms with van der Waals surface area (Å²) in [6.45, 7) is 4.89. The fourth-order valence-corrected chi connectivity index (χ4v) is 2.73. The van der Waals surface area contributed by atoms with Gasteiger partial charge in [0.2, 0.25) is 11.8 Å². The third-order valence-corrected chi connectivity index (χ3v) is 4.40. The van der Waals surface area contributed by atoms with Gasteiger partial charge in [-0.15, -0.1) is 0 Å². The highest BCUT2D eigenvalue weighted by Gasteiger charge is 2.37. The average Bonchev–Trinajstić information content (AvgIpc) is 3.04. The van der Waals surface area contributed by atoms with Crippen LogP contribution in [-0.2, 0) is 9.59 Å². The van der Waals surface area contributed by atoms with Crippen molar-refractivity contribution in [2.45, 2.75) is 39.8 Å². The summed E-state index contributed by atoms with van der Waals surface area (Å²) in [4.78, 5) is 29.8. The van der Waals surface area contributed by atoms with Gasteiger partial charge in [-0.25, -0.2) is 4.68 Å². The number of nitrogens with zero attached hydrogens (tertiary/aromatic N) is 4. The topological polar surface area (TPSA) is 80.1 Å². The molecule has 29 heavy (non-hydrogen) atoms. The Kier molecular flexibility index (Phi) is 7.35. The zero-order chi connectivity index (χ0) is 21.6. The predicted molar refractivity (Wildman–Crippen MR) is 102 cm³/mol. The summed E-state index contributed by atoms with van der Waals surface area (Å²) in [5.41, 5.74) is 2.02. The molecule has 0 bridgehead atoms. The third kappa shape index (κ3) is 6.03. The van der Waals surface area contributed by atoms with Crippen molar-refractivity contribution in [3.63, 3.8) is 0 Å². The van der Waals surface area contributed by atoms with Crippen LogP contribution in [0.3, 0.4) is 0 Å². The van der Waals surface area contributed by atoms with Gasteiger partial charge in [0.05, 0.1) is 35.4 Å². The van der Waals surface area contributed by atoms with Gasteiger partial charge < -0.3 is 10.2 Å². The molecule has 0 radical (unpaired) electrons. The van der Waals surface area contributed by atoms with Crippen molar-refractivity contribution in [2.24, 2.45) is 5.92 Å². The summed E-state index contributed by atoms with van der Waals surface area (Å²) in [5.74, 6) is -2.72. The Hall–Kier alpha value is -2.91. The maximum absolute atomic E-state index is 12.6. The molecule has 2 aromatic heterocycles. The molecule has 0 aliphatic carbocycles. The van der Waals surface area contributed by atoms with Crippen molar-refractivity contribution in [2.75, 3.05) is 18.0 Å². The number of aromatic nitrogens is 3. The van der Waals surface area contributed by atoms with Gasteiger partial charge in [0.1, 0.15) is 0 Å². The maximum atomic E-state index is 12.6. The standard InChI is InChI=1S/C19H24F3N5O2/c1-4-26(16-12-27(25-14(16)3)15-6-5-8-23-11-15)18(29)7-9-24-17(28)10-13(2)19(20,21)22/h5-6,8,11-13H,4,7,9-10H2,1-3H3,(H,24,28). The van der Waals surface area contributed by atoms with Crippen molar-refractivity contribution in [1.82, 2.24) is 20.1 Å². The van der Waals surface area contributed by atoms with Crippen LogP contribution in [0.4, 0.5) is 18.9 Å². The number of rotatable bonds is 8. The van der Waals surface area contributed by atoms with E-state index in [1.54, 1.807) is 36.3 Å². The molecule has 2 rings (SSSR count). The summed E-state index contributed by atoms with van der Waals surface area (Å²) in [6.07, 6.45) is -0.0999. The van der Waals surface area contributed by atoms with Gasteiger partial charge >= 0.3 is 6.18 Å². The Bertz CT molecular complexity index is 836. The molecule has 0 aromatic carbocycles. The molecule has 0 aliphatic rings. The van der Waals surface area contributed by atoms with Gasteiger partial charge in [-0.2, -0.15) is 18.3 Å². The lowest BCUT2D eigenvalue weighted by Crippen LogP contribution is -2.35. The average molecular weight is 411 g/mol. The Morgan fingerprint density at radius 3 is 2.66 bits per heavy atom. The fraction of sp³-hybridized carbons (Fsp3) is 0.474. The number of halogens is 3. The van der Waals surface area contributed by atoms with Crippen molar-refractivity contribution in [3.8, 4) is 5.69 Å². The van der Waals surface area contributed by atoms with Crippen LogP contribution < -0.4 is 10.2 Å². The van der Waals surface area contributed by atoms with Crippen molar-refractivity contribution in [1.29, 1.82) is 0 Å². The van der Waals surface area contributed by atoms with E-state index >= 15 is 0 Å². The predicted octanol–water partition coefficient (Wildman–Crippen LogP) is 3.02. The quantitative estimate of drug-likeness (QED) is 0.724. The van der Waals surface area contributed by atoms with E-state index in [1.165, 1.54) is 4.90 Å². The highest BCUT2D eigenvalue weighted by Crippen LogP contribution is 2.28. The lowest BCUT2D eigenvalue weighted by molar-refractivity contribution is -0.174. The van der Waals surface area contributed by atoms with Gasteiger partial charge in [-0.1, -0.05) is 6.92 Å². The van der Waals surface area contributed by atoms with Crippen LogP contribution >= 0.6 is 0 Å². The summed E-state index contributed by atoms with van der Waals surface area (Å²) >= 11 is 0. The summed E-state index contributed by atoms with van der Waals surface area (Å²) in [5, 5.41) is 6.78. The van der Waals surface area contributed by atoms with E-state index in [1.807, 2.05) is 13.0 Å². The minimum atomic E-state index is -4.42. The highest BCUT2D eigenvalue weighted by atomic mass is 19.4. The molecule has 1 N–H and O–H groups in total. The molecular formula is C19H24F3N5O2. The van der Waals surface area contributed by atoms with Crippen LogP contribution in [0.15, 0.2) is 30.7 Å². The smallest absolute Gasteiger partial charge is 0.356 e. The van der Waals surface area contributed by atoms with Crippen molar-refractivity contribution >= 4 is 17.5 Å². The van der Waals surface area contributed by atoms with Gasteiger partial charge in [-0.3, -0.25) is 14.6 Å². The molecule has 1 atom stereocenters. The van der Waals surface area contributed by atoms with E-state index in [2.05, 4.69) is 15.4 Å². The van der Waals surface area contributed by atoms with Gasteiger partial charge in [-0.05, 0) is 26.0 Å². The number of carbonyl (C=O) groups excluding carboxylic acids is 2. The summed E-state index contributed by atoms with van der Waals surface area (Å²) in [7, 11) is 0. The molecule has 0 aliphatic heterocycles. The largest absolute Gasteiger partial charge is 0.392 e. The molecule has 158 valence electrons. The van der Waals surface area contributed by atoms with E-state index in [4.69, 9.17) is 0 Å². The maximum Gasteiger partial charge on any atom is 0.392 e. The van der Waals surface area contributed by atoms with Gasteiger partial charge in [0.25, 0.3) is 0 Å². The Balaban J connectivity index is 1.96. The minimum absolute atomic E-state index is 0.0303. The second-order valence-electron chi connectivity index (χ2n) is 6.64. The molecule has 0 fully saturated rings. The third-order valence-electron chi connectivity index (χ3n) is 4.40. The van der Waals surface area contributed by atoms with E-state index in [9.17, 15) is 22.8 Å². The summed E-state index contributed by atoms with van der Waals surface area (Å²) < 4.78 is 39.1. The van der Waals surface area contributed by atoms with E-state index in [0.29, 0.717) is 17.9 Å². The molecule has 0 saturated carbocycles. The molecule has 2 amide bonds. The minimum Gasteiger partial charge on any atom is -0.356 e. The van der Waals surface area contributed by atoms with Crippen LogP contribution in [0.1, 0.15) is 32.4 Å². The normalized spacial score (nSPS) is 12.5. The second kappa shape index (κ2) is 9.53. The van der Waals surface area contributed by atoms with E-state index < -0.39 is 24.4 Å². The van der Waals surface area contributed by atoms with Crippen LogP contribution in [0.2, 0.25) is 0 Å². The lowest BCUT2D eigenvalue weighted by Gasteiger charge is -2.20. The zero-order valence-electron chi connectivity index (χ0n) is 16.5. The number of aryl methyl sites for hydroxylation is 1. The Morgan fingerprint density at radius 2 is 2.07 bits per heavy atom. The fourth-order valence-electron chi connectivity index (χ4n) is 2.73. The van der Waals surface area contributed by atoms with Crippen LogP contribution in [-0.4, -0.2) is 45.8 Å². The number of alkyl halides is 3. The van der Waals surface area contributed by atoms with Gasteiger partial charge in [0, 0.05) is 32.1 Å². The molecule has 10 heteroatoms. The van der Waals surface area contributed by atoms with E-state index in [0.717, 1.165) is 12.6 Å². The molecular weight excluding hydrogens is 387 g/mol. The molecule has 2 heterocycles. The number of nitrogens with one attached hydrogen (secondary N) is 1. The highest BCUT2D eigenvalue weighted by molar-refractivity contribution is 5.94. The number of pyridine rings is 1. The zero-order valence-corrected chi connectivity index (χ0v) is 16.5. The Morgan fingerprint density at radius 1 is 1.34 bits per heavy atom. The molecule has 0 spiro atoms. The van der Waals surface area contributed by atoms with Gasteiger partial charge in [0.15, 0.2) is 0 Å². The number of hydrogen-bond acceptors (Lipinski definition) is 4. The number of carbonyl (C=O) groups is 2. The SMILES string of the molecule is CCN(C(=O)CCNC(=O)CC(C)C(F)(F)F)c1cn(-c2cccnc2)nc1C. The second-order valence-corrected chi connectivity index (χ2v) is 6.64. The van der Waals surface area contributed by atoms with Crippen LogP contribution in [0, 0.1) is 12.8 Å². The van der Waals surface area contributed by atoms with Crippen molar-refractivity contribution < 1.29 is 22.8 Å². The molecule has 1 unspecified atom stereocenters. The first-order valence-corrected chi connectivity index (χ1v) is 9.24. The number of anilines is 1. The Labute approximate surface area is 166 Å². The first-order chi connectivity index (χ1) is 13.6. The first-order valence-electron chi connectivity index (χ1n) is 9.24. The van der Waals surface area contributed by atoms with Crippen LogP contribution in [0.5, 0.6) is 0 Å². The lowest BCUT2D eigenvalue weighted by atomic mass is 10.1. The molecule has 0 saturated heterocycles. The monoisotopic (exact) mass is 411 g/mol. The van der Waals surface area contributed by atoms with E-state index in [-0.39, 0.29) is 18.9 Å². The molecule has 7 nitrogen and oxygen atoms in total. The molecule has 2 aromatic rings.